The number of hydrogen-bond donors (Lipinski definition) is 2. The van der Waals surface area contributed by atoms with Crippen LogP contribution in [0.25, 0.3) is 27.9 Å². The summed E-state index contributed by atoms with van der Waals surface area (Å²) in [4.78, 5) is 26.6. The molecule has 0 fully saturated rings. The number of nitrogens with one attached hydrogen (secondary N) is 2. The first-order valence-electron chi connectivity index (χ1n) is 13.9. The van der Waals surface area contributed by atoms with Gasteiger partial charge in [-0.2, -0.15) is 5.10 Å². The largest absolute Gasteiger partial charge is 0.755 e. The van der Waals surface area contributed by atoms with Crippen molar-refractivity contribution in [2.24, 2.45) is 0 Å². The molecular formula is C33H31FN5O4S-. The van der Waals surface area contributed by atoms with Crippen molar-refractivity contribution >= 4 is 34.3 Å². The fraction of sp³-hybridized carbons (Fsp3) is 0.182. The molecule has 0 aliphatic carbocycles. The molecule has 5 aromatic rings. The van der Waals surface area contributed by atoms with Crippen LogP contribution in [0, 0.1) is 5.82 Å². The summed E-state index contributed by atoms with van der Waals surface area (Å²) in [6.07, 6.45) is 1.54. The van der Waals surface area contributed by atoms with Crippen molar-refractivity contribution in [1.29, 1.82) is 0 Å². The van der Waals surface area contributed by atoms with Crippen LogP contribution in [0.3, 0.4) is 0 Å². The number of amides is 2. The minimum absolute atomic E-state index is 0.119. The van der Waals surface area contributed by atoms with E-state index in [0.717, 1.165) is 5.56 Å². The SMILES string of the molecule is CCN(c1cn2nc(-c3ccc(F)cc3)c(C(=O)NC)c2cc1-c1cccc(C(=O)NC(C)(C)c2ccccc2)c1)S(=O)[O-]. The molecule has 2 amide bonds. The molecule has 0 spiro atoms. The Hall–Kier alpha value is -4.87. The van der Waals surface area contributed by atoms with Gasteiger partial charge in [-0.25, -0.2) is 8.91 Å². The highest BCUT2D eigenvalue weighted by atomic mass is 32.2. The zero-order valence-electron chi connectivity index (χ0n) is 24.6. The molecule has 11 heteroatoms. The highest BCUT2D eigenvalue weighted by Crippen LogP contribution is 2.36. The van der Waals surface area contributed by atoms with E-state index in [2.05, 4.69) is 15.7 Å². The number of carbonyl (C=O) groups excluding carboxylic acids is 2. The molecule has 1 atom stereocenters. The summed E-state index contributed by atoms with van der Waals surface area (Å²) in [6, 6.07) is 23.7. The number of fused-ring (bicyclic) bond motifs is 1. The van der Waals surface area contributed by atoms with Gasteiger partial charge in [-0.15, -0.1) is 0 Å². The predicted octanol–water partition coefficient (Wildman–Crippen LogP) is 5.45. The monoisotopic (exact) mass is 612 g/mol. The average molecular weight is 613 g/mol. The maximum atomic E-state index is 13.7. The predicted molar refractivity (Wildman–Crippen MR) is 168 cm³/mol. The van der Waals surface area contributed by atoms with Crippen molar-refractivity contribution in [3.8, 4) is 22.4 Å². The number of pyridine rings is 1. The second-order valence-corrected chi connectivity index (χ2v) is 11.5. The number of nitrogens with zero attached hydrogens (tertiary/aromatic N) is 3. The molecule has 2 heterocycles. The topological polar surface area (TPSA) is 119 Å². The van der Waals surface area contributed by atoms with Gasteiger partial charge in [-0.05, 0) is 74.4 Å². The van der Waals surface area contributed by atoms with Crippen molar-refractivity contribution in [2.75, 3.05) is 17.9 Å². The Bertz CT molecular complexity index is 1870. The molecule has 0 saturated heterocycles. The van der Waals surface area contributed by atoms with E-state index < -0.39 is 28.5 Å². The molecule has 0 bridgehead atoms. The lowest BCUT2D eigenvalue weighted by Gasteiger charge is -2.28. The van der Waals surface area contributed by atoms with Crippen molar-refractivity contribution in [1.82, 2.24) is 20.2 Å². The molecule has 3 aromatic carbocycles. The first-order chi connectivity index (χ1) is 21.0. The van der Waals surface area contributed by atoms with Gasteiger partial charge in [0, 0.05) is 41.5 Å². The Balaban J connectivity index is 1.67. The third-order valence-electron chi connectivity index (χ3n) is 7.41. The Kier molecular flexibility index (Phi) is 8.61. The molecule has 44 heavy (non-hydrogen) atoms. The molecule has 0 aliphatic rings. The zero-order valence-corrected chi connectivity index (χ0v) is 25.4. The van der Waals surface area contributed by atoms with E-state index in [-0.39, 0.29) is 18.0 Å². The van der Waals surface area contributed by atoms with Gasteiger partial charge in [-0.1, -0.05) is 42.5 Å². The van der Waals surface area contributed by atoms with Crippen LogP contribution in [0.4, 0.5) is 10.1 Å². The fourth-order valence-corrected chi connectivity index (χ4v) is 5.65. The zero-order chi connectivity index (χ0) is 31.6. The molecule has 0 aliphatic heterocycles. The summed E-state index contributed by atoms with van der Waals surface area (Å²) in [5.41, 5.74) is 3.42. The van der Waals surface area contributed by atoms with E-state index in [0.29, 0.717) is 39.2 Å². The normalized spacial score (nSPS) is 12.1. The van der Waals surface area contributed by atoms with Crippen LogP contribution in [0.1, 0.15) is 47.1 Å². The second kappa shape index (κ2) is 12.4. The van der Waals surface area contributed by atoms with Crippen LogP contribution >= 0.6 is 0 Å². The van der Waals surface area contributed by atoms with E-state index in [1.807, 2.05) is 44.2 Å². The quantitative estimate of drug-likeness (QED) is 0.215. The standard InChI is InChI=1S/C33H32FN5O4S/c1-5-39(44(42)43)28-20-38-27(29(32(41)35-4)30(37-38)21-14-16-25(34)17-15-21)19-26(28)22-10-9-11-23(18-22)31(40)36-33(2,3)24-12-7-6-8-13-24/h6-20H,5H2,1-4H3,(H,35,41)(H,36,40)(H,42,43)/p-1. The molecule has 2 N–H and O–H groups in total. The number of rotatable bonds is 9. The van der Waals surface area contributed by atoms with Crippen molar-refractivity contribution < 1.29 is 22.7 Å². The smallest absolute Gasteiger partial charge is 0.255 e. The van der Waals surface area contributed by atoms with Crippen LogP contribution in [-0.2, 0) is 16.8 Å². The molecule has 0 saturated carbocycles. The van der Waals surface area contributed by atoms with E-state index in [1.54, 1.807) is 37.3 Å². The number of benzene rings is 3. The van der Waals surface area contributed by atoms with Crippen molar-refractivity contribution in [3.63, 3.8) is 0 Å². The minimum Gasteiger partial charge on any atom is -0.755 e. The van der Waals surface area contributed by atoms with Crippen molar-refractivity contribution in [3.05, 3.63) is 114 Å². The third kappa shape index (κ3) is 5.97. The maximum absolute atomic E-state index is 13.7. The third-order valence-corrected chi connectivity index (χ3v) is 8.23. The molecule has 226 valence electrons. The molecular weight excluding hydrogens is 581 g/mol. The summed E-state index contributed by atoms with van der Waals surface area (Å²) in [7, 11) is 1.49. The summed E-state index contributed by atoms with van der Waals surface area (Å²) in [5.74, 6) is -1.16. The molecule has 5 rings (SSSR count). The maximum Gasteiger partial charge on any atom is 0.255 e. The average Bonchev–Trinajstić information content (AvgIpc) is 3.39. The van der Waals surface area contributed by atoms with Gasteiger partial charge < -0.3 is 19.5 Å². The highest BCUT2D eigenvalue weighted by Gasteiger charge is 2.26. The van der Waals surface area contributed by atoms with Crippen LogP contribution in [0.15, 0.2) is 91.1 Å². The van der Waals surface area contributed by atoms with Gasteiger partial charge in [-0.3, -0.25) is 13.8 Å². The van der Waals surface area contributed by atoms with Crippen LogP contribution in [0.2, 0.25) is 0 Å². The number of anilines is 1. The number of aromatic nitrogens is 2. The molecule has 9 nitrogen and oxygen atoms in total. The van der Waals surface area contributed by atoms with Crippen LogP contribution in [-0.4, -0.2) is 43.8 Å². The van der Waals surface area contributed by atoms with E-state index >= 15 is 0 Å². The minimum atomic E-state index is -2.64. The lowest BCUT2D eigenvalue weighted by molar-refractivity contribution is 0.0910. The highest BCUT2D eigenvalue weighted by molar-refractivity contribution is 7.80. The van der Waals surface area contributed by atoms with Gasteiger partial charge in [0.15, 0.2) is 0 Å². The summed E-state index contributed by atoms with van der Waals surface area (Å²) in [5, 5.41) is 10.3. The van der Waals surface area contributed by atoms with Gasteiger partial charge >= 0.3 is 0 Å². The lowest BCUT2D eigenvalue weighted by atomic mass is 9.93. The lowest BCUT2D eigenvalue weighted by Crippen LogP contribution is -2.40. The van der Waals surface area contributed by atoms with Gasteiger partial charge in [0.25, 0.3) is 11.8 Å². The Morgan fingerprint density at radius 3 is 2.32 bits per heavy atom. The summed E-state index contributed by atoms with van der Waals surface area (Å²) in [6.45, 7) is 5.64. The van der Waals surface area contributed by atoms with Crippen LogP contribution < -0.4 is 14.9 Å². The van der Waals surface area contributed by atoms with Gasteiger partial charge in [0.2, 0.25) is 0 Å². The first-order valence-corrected chi connectivity index (χ1v) is 15.0. The van der Waals surface area contributed by atoms with Gasteiger partial charge in [0.05, 0.1) is 28.5 Å². The van der Waals surface area contributed by atoms with Crippen molar-refractivity contribution in [2.45, 2.75) is 26.3 Å². The number of hydrogen-bond acceptors (Lipinski definition) is 5. The van der Waals surface area contributed by atoms with Gasteiger partial charge in [0.1, 0.15) is 11.5 Å². The summed E-state index contributed by atoms with van der Waals surface area (Å²) < 4.78 is 41.0. The summed E-state index contributed by atoms with van der Waals surface area (Å²) >= 11 is -2.64. The van der Waals surface area contributed by atoms with Crippen LogP contribution in [0.5, 0.6) is 0 Å². The van der Waals surface area contributed by atoms with E-state index in [1.165, 1.54) is 46.3 Å². The first kappa shape index (κ1) is 30.6. The molecule has 1 unspecified atom stereocenters. The number of halogens is 1. The second-order valence-electron chi connectivity index (χ2n) is 10.6. The Morgan fingerprint density at radius 1 is 0.977 bits per heavy atom. The fourth-order valence-electron chi connectivity index (χ4n) is 5.14. The van der Waals surface area contributed by atoms with E-state index in [4.69, 9.17) is 0 Å². The van der Waals surface area contributed by atoms with E-state index in [9.17, 15) is 22.7 Å². The Morgan fingerprint density at radius 2 is 1.68 bits per heavy atom. The molecule has 2 aromatic heterocycles. The number of carbonyl (C=O) groups is 2. The Labute approximate surface area is 257 Å². The molecule has 0 radical (unpaired) electrons.